The molecule has 0 spiro atoms. The van der Waals surface area contributed by atoms with Crippen molar-refractivity contribution in [1.82, 2.24) is 9.80 Å². The molecule has 4 nitrogen and oxygen atoms in total. The molecule has 0 saturated carbocycles. The molecule has 0 aromatic rings. The summed E-state index contributed by atoms with van der Waals surface area (Å²) in [7, 11) is 2.07. The van der Waals surface area contributed by atoms with Crippen LogP contribution in [-0.2, 0) is 4.79 Å². The Morgan fingerprint density at radius 3 is 2.62 bits per heavy atom. The lowest BCUT2D eigenvalue weighted by molar-refractivity contribution is -0.140. The third kappa shape index (κ3) is 2.74. The lowest BCUT2D eigenvalue weighted by atomic mass is 9.95. The van der Waals surface area contributed by atoms with Crippen molar-refractivity contribution in [3.8, 4) is 0 Å². The fourth-order valence-corrected chi connectivity index (χ4v) is 2.78. The molecule has 0 aliphatic carbocycles. The van der Waals surface area contributed by atoms with E-state index in [0.29, 0.717) is 6.54 Å². The van der Waals surface area contributed by atoms with Crippen molar-refractivity contribution < 1.29 is 9.90 Å². The highest BCUT2D eigenvalue weighted by Gasteiger charge is 2.30. The number of hydrogen-bond acceptors (Lipinski definition) is 3. The highest BCUT2D eigenvalue weighted by molar-refractivity contribution is 5.79. The van der Waals surface area contributed by atoms with Crippen molar-refractivity contribution >= 4 is 5.91 Å². The quantitative estimate of drug-likeness (QED) is 0.700. The summed E-state index contributed by atoms with van der Waals surface area (Å²) < 4.78 is 0. The minimum Gasteiger partial charge on any atom is -0.391 e. The molecule has 0 bridgehead atoms. The molecular formula is C12H22N2O2. The Morgan fingerprint density at radius 2 is 1.94 bits per heavy atom. The summed E-state index contributed by atoms with van der Waals surface area (Å²) in [6, 6.07) is 0. The third-order valence-corrected chi connectivity index (χ3v) is 3.68. The van der Waals surface area contributed by atoms with Crippen LogP contribution in [0.5, 0.6) is 0 Å². The first-order chi connectivity index (χ1) is 7.66. The molecule has 92 valence electrons. The van der Waals surface area contributed by atoms with E-state index in [1.807, 2.05) is 4.90 Å². The van der Waals surface area contributed by atoms with Gasteiger partial charge in [-0.05, 0) is 39.3 Å². The molecular weight excluding hydrogens is 204 g/mol. The molecule has 2 atom stereocenters. The summed E-state index contributed by atoms with van der Waals surface area (Å²) in [5.74, 6) is 0.411. The minimum absolute atomic E-state index is 0.157. The van der Waals surface area contributed by atoms with Gasteiger partial charge in [0.05, 0.1) is 12.0 Å². The number of carbonyl (C=O) groups is 1. The van der Waals surface area contributed by atoms with Crippen LogP contribution in [0.15, 0.2) is 0 Å². The van der Waals surface area contributed by atoms with E-state index in [4.69, 9.17) is 0 Å². The van der Waals surface area contributed by atoms with Crippen LogP contribution >= 0.6 is 0 Å². The number of aliphatic hydroxyl groups is 1. The number of amides is 1. The minimum atomic E-state index is -0.306. The Labute approximate surface area is 97.2 Å². The van der Waals surface area contributed by atoms with Gasteiger partial charge in [0.25, 0.3) is 0 Å². The number of rotatable bonds is 1. The van der Waals surface area contributed by atoms with Crippen molar-refractivity contribution in [2.45, 2.75) is 31.8 Å². The first kappa shape index (κ1) is 11.9. The number of piperidine rings is 2. The van der Waals surface area contributed by atoms with E-state index in [0.717, 1.165) is 45.3 Å². The predicted octanol–water partition coefficient (Wildman–Crippen LogP) is 0.311. The van der Waals surface area contributed by atoms with Crippen LogP contribution in [0.3, 0.4) is 0 Å². The van der Waals surface area contributed by atoms with Gasteiger partial charge in [-0.15, -0.1) is 0 Å². The smallest absolute Gasteiger partial charge is 0.227 e. The summed E-state index contributed by atoms with van der Waals surface area (Å²) >= 11 is 0. The van der Waals surface area contributed by atoms with E-state index in [1.54, 1.807) is 0 Å². The molecule has 2 heterocycles. The number of aliphatic hydroxyl groups excluding tert-OH is 1. The van der Waals surface area contributed by atoms with Gasteiger partial charge in [-0.25, -0.2) is 0 Å². The van der Waals surface area contributed by atoms with E-state index < -0.39 is 0 Å². The zero-order valence-corrected chi connectivity index (χ0v) is 10.1. The van der Waals surface area contributed by atoms with Gasteiger partial charge in [0.1, 0.15) is 0 Å². The van der Waals surface area contributed by atoms with Crippen LogP contribution in [0, 0.1) is 5.92 Å². The van der Waals surface area contributed by atoms with Gasteiger partial charge in [0, 0.05) is 19.6 Å². The fraction of sp³-hybridized carbons (Fsp3) is 0.917. The van der Waals surface area contributed by atoms with Crippen LogP contribution in [0.4, 0.5) is 0 Å². The first-order valence-corrected chi connectivity index (χ1v) is 6.32. The van der Waals surface area contributed by atoms with Crippen LogP contribution in [-0.4, -0.2) is 60.1 Å². The number of carbonyl (C=O) groups excluding carboxylic acids is 1. The Kier molecular flexibility index (Phi) is 3.82. The maximum Gasteiger partial charge on any atom is 0.227 e. The van der Waals surface area contributed by atoms with Gasteiger partial charge in [-0.2, -0.15) is 0 Å². The molecule has 2 fully saturated rings. The lowest BCUT2D eigenvalue weighted by Crippen LogP contribution is -2.48. The molecule has 0 radical (unpaired) electrons. The summed E-state index contributed by atoms with van der Waals surface area (Å²) in [6.45, 7) is 3.35. The van der Waals surface area contributed by atoms with Crippen LogP contribution < -0.4 is 0 Å². The third-order valence-electron chi connectivity index (χ3n) is 3.68. The molecule has 1 N–H and O–H groups in total. The van der Waals surface area contributed by atoms with E-state index in [9.17, 15) is 9.90 Å². The molecule has 1 amide bonds. The number of nitrogens with zero attached hydrogens (tertiary/aromatic N) is 2. The maximum absolute atomic E-state index is 12.2. The highest BCUT2D eigenvalue weighted by atomic mass is 16.3. The largest absolute Gasteiger partial charge is 0.391 e. The summed E-state index contributed by atoms with van der Waals surface area (Å²) in [5.41, 5.74) is 0. The normalized spacial score (nSPS) is 32.8. The van der Waals surface area contributed by atoms with Crippen molar-refractivity contribution in [3.63, 3.8) is 0 Å². The Bertz CT molecular complexity index is 233. The van der Waals surface area contributed by atoms with Gasteiger partial charge in [-0.1, -0.05) is 0 Å². The van der Waals surface area contributed by atoms with E-state index in [-0.39, 0.29) is 17.9 Å². The second-order valence-corrected chi connectivity index (χ2v) is 5.18. The SMILES string of the molecule is CN1CCC[C@H](C(=O)N2CCC[C@H](O)C2)C1. The molecule has 0 aromatic heterocycles. The van der Waals surface area contributed by atoms with Crippen LogP contribution in [0.25, 0.3) is 0 Å². The van der Waals surface area contributed by atoms with Gasteiger partial charge in [0.2, 0.25) is 5.91 Å². The van der Waals surface area contributed by atoms with Crippen LogP contribution in [0.1, 0.15) is 25.7 Å². The number of likely N-dealkylation sites (tertiary alicyclic amines) is 2. The van der Waals surface area contributed by atoms with Crippen molar-refractivity contribution in [3.05, 3.63) is 0 Å². The molecule has 2 aliphatic rings. The van der Waals surface area contributed by atoms with Gasteiger partial charge >= 0.3 is 0 Å². The molecule has 2 saturated heterocycles. The van der Waals surface area contributed by atoms with E-state index in [1.165, 1.54) is 0 Å². The zero-order valence-electron chi connectivity index (χ0n) is 10.1. The predicted molar refractivity (Wildman–Crippen MR) is 62.0 cm³/mol. The second-order valence-electron chi connectivity index (χ2n) is 5.18. The second kappa shape index (κ2) is 5.15. The fourth-order valence-electron chi connectivity index (χ4n) is 2.78. The van der Waals surface area contributed by atoms with Crippen molar-refractivity contribution in [1.29, 1.82) is 0 Å². The lowest BCUT2D eigenvalue weighted by Gasteiger charge is -2.36. The summed E-state index contributed by atoms with van der Waals surface area (Å²) in [4.78, 5) is 16.3. The number of β-amino-alcohol motifs (C(OH)–C–C–N with tert-alkyl or cyclic N) is 1. The van der Waals surface area contributed by atoms with Gasteiger partial charge < -0.3 is 14.9 Å². The van der Waals surface area contributed by atoms with Gasteiger partial charge in [-0.3, -0.25) is 4.79 Å². The molecule has 2 rings (SSSR count). The molecule has 2 aliphatic heterocycles. The summed E-state index contributed by atoms with van der Waals surface area (Å²) in [6.07, 6.45) is 3.60. The summed E-state index contributed by atoms with van der Waals surface area (Å²) in [5, 5.41) is 9.57. The van der Waals surface area contributed by atoms with Crippen molar-refractivity contribution in [2.24, 2.45) is 5.92 Å². The Hall–Kier alpha value is -0.610. The van der Waals surface area contributed by atoms with E-state index in [2.05, 4.69) is 11.9 Å². The highest BCUT2D eigenvalue weighted by Crippen LogP contribution is 2.20. The Morgan fingerprint density at radius 1 is 1.19 bits per heavy atom. The van der Waals surface area contributed by atoms with Crippen molar-refractivity contribution in [2.75, 3.05) is 33.2 Å². The zero-order chi connectivity index (χ0) is 11.5. The molecule has 0 unspecified atom stereocenters. The number of hydrogen-bond donors (Lipinski definition) is 1. The average molecular weight is 226 g/mol. The van der Waals surface area contributed by atoms with Crippen LogP contribution in [0.2, 0.25) is 0 Å². The molecule has 4 heteroatoms. The average Bonchev–Trinajstić information content (AvgIpc) is 2.28. The van der Waals surface area contributed by atoms with Gasteiger partial charge in [0.15, 0.2) is 0 Å². The maximum atomic E-state index is 12.2. The Balaban J connectivity index is 1.90. The molecule has 16 heavy (non-hydrogen) atoms. The topological polar surface area (TPSA) is 43.8 Å². The molecule has 0 aromatic carbocycles. The van der Waals surface area contributed by atoms with E-state index >= 15 is 0 Å². The standard InChI is InChI=1S/C12H22N2O2/c1-13-6-2-4-10(8-13)12(16)14-7-3-5-11(15)9-14/h10-11,15H,2-9H2,1H3/t10-,11-/m0/s1. The first-order valence-electron chi connectivity index (χ1n) is 6.32. The monoisotopic (exact) mass is 226 g/mol.